The summed E-state index contributed by atoms with van der Waals surface area (Å²) in [7, 11) is 1.81. The lowest BCUT2D eigenvalue weighted by molar-refractivity contribution is -0.137. The molecule has 2 aliphatic rings. The highest BCUT2D eigenvalue weighted by atomic mass is 16.5. The average Bonchev–Trinajstić information content (AvgIpc) is 3.41. The molecule has 0 unspecified atom stereocenters. The molecule has 0 saturated heterocycles. The van der Waals surface area contributed by atoms with Gasteiger partial charge in [-0.1, -0.05) is 55.7 Å². The minimum absolute atomic E-state index is 0.00385. The van der Waals surface area contributed by atoms with Gasteiger partial charge in [0.05, 0.1) is 6.04 Å². The highest BCUT2D eigenvalue weighted by Gasteiger charge is 2.36. The van der Waals surface area contributed by atoms with Gasteiger partial charge in [0.15, 0.2) is 6.10 Å². The molecular formula is C29H38N2O3. The summed E-state index contributed by atoms with van der Waals surface area (Å²) in [4.78, 5) is 30.2. The maximum atomic E-state index is 13.6. The fourth-order valence-electron chi connectivity index (χ4n) is 5.29. The summed E-state index contributed by atoms with van der Waals surface area (Å²) in [5.74, 6) is 1.11. The molecule has 0 N–H and O–H groups in total. The van der Waals surface area contributed by atoms with E-state index in [1.807, 2.05) is 19.9 Å². The Bertz CT molecular complexity index is 1010. The van der Waals surface area contributed by atoms with E-state index in [0.29, 0.717) is 18.7 Å². The number of ether oxygens (including phenoxy) is 1. The van der Waals surface area contributed by atoms with E-state index in [-0.39, 0.29) is 23.8 Å². The van der Waals surface area contributed by atoms with Gasteiger partial charge in [0.25, 0.3) is 5.91 Å². The van der Waals surface area contributed by atoms with E-state index in [4.69, 9.17) is 4.74 Å². The quantitative estimate of drug-likeness (QED) is 0.561. The van der Waals surface area contributed by atoms with Crippen LogP contribution in [0, 0.1) is 12.8 Å². The summed E-state index contributed by atoms with van der Waals surface area (Å²) in [5.41, 5.74) is 4.70. The number of benzene rings is 2. The number of aryl methyl sites for hydroxylation is 1. The van der Waals surface area contributed by atoms with Crippen LogP contribution >= 0.6 is 0 Å². The Morgan fingerprint density at radius 2 is 1.79 bits per heavy atom. The Morgan fingerprint density at radius 1 is 1.09 bits per heavy atom. The molecule has 34 heavy (non-hydrogen) atoms. The molecular weight excluding hydrogens is 424 g/mol. The van der Waals surface area contributed by atoms with Gasteiger partial charge < -0.3 is 14.5 Å². The van der Waals surface area contributed by atoms with E-state index in [1.54, 1.807) is 11.9 Å². The van der Waals surface area contributed by atoms with Gasteiger partial charge in [-0.05, 0) is 68.4 Å². The lowest BCUT2D eigenvalue weighted by atomic mass is 9.86. The van der Waals surface area contributed by atoms with Crippen LogP contribution in [-0.2, 0) is 16.0 Å². The number of rotatable bonds is 7. The van der Waals surface area contributed by atoms with Crippen molar-refractivity contribution in [3.63, 3.8) is 0 Å². The Morgan fingerprint density at radius 3 is 2.44 bits per heavy atom. The zero-order valence-corrected chi connectivity index (χ0v) is 21.0. The second-order valence-electron chi connectivity index (χ2n) is 9.80. The van der Waals surface area contributed by atoms with Crippen molar-refractivity contribution in [1.29, 1.82) is 0 Å². The molecule has 182 valence electrons. The number of nitrogens with zero attached hydrogens (tertiary/aromatic N) is 2. The molecule has 2 atom stereocenters. The van der Waals surface area contributed by atoms with Crippen LogP contribution in [-0.4, -0.2) is 47.9 Å². The maximum Gasteiger partial charge on any atom is 0.263 e. The standard InChI is InChI=1S/C29H38N2O3/c1-5-26(29(33)30(4)6-2)34-24-16-15-21-17-18-31(28(32)23-9-7-8-10-23)27(25(21)19-24)22-13-11-20(3)12-14-22/h11-16,19,23,26-27H,5-10,17-18H2,1-4H3/t26-,27+/m0/s1. The van der Waals surface area contributed by atoms with Crippen LogP contribution in [0.2, 0.25) is 0 Å². The first kappa shape index (κ1) is 24.3. The third-order valence-electron chi connectivity index (χ3n) is 7.50. The van der Waals surface area contributed by atoms with Crippen molar-refractivity contribution in [2.75, 3.05) is 20.1 Å². The Kier molecular flexibility index (Phi) is 7.60. The topological polar surface area (TPSA) is 49.9 Å². The van der Waals surface area contributed by atoms with E-state index in [2.05, 4.69) is 48.2 Å². The highest BCUT2D eigenvalue weighted by Crippen LogP contribution is 2.40. The van der Waals surface area contributed by atoms with Gasteiger partial charge in [0.2, 0.25) is 5.91 Å². The molecule has 1 heterocycles. The SMILES string of the molecule is CC[C@H](Oc1ccc2c(c1)[C@@H](c1ccc(C)cc1)N(C(=O)C1CCCC1)CC2)C(=O)N(C)CC. The normalized spacial score (nSPS) is 18.9. The van der Waals surface area contributed by atoms with Gasteiger partial charge in [-0.2, -0.15) is 0 Å². The summed E-state index contributed by atoms with van der Waals surface area (Å²) in [6.45, 7) is 7.41. The molecule has 0 radical (unpaired) electrons. The van der Waals surface area contributed by atoms with E-state index < -0.39 is 6.10 Å². The molecule has 1 fully saturated rings. The summed E-state index contributed by atoms with van der Waals surface area (Å²) >= 11 is 0. The van der Waals surface area contributed by atoms with Crippen LogP contribution in [0.15, 0.2) is 42.5 Å². The fraction of sp³-hybridized carbons (Fsp3) is 0.517. The lowest BCUT2D eigenvalue weighted by Gasteiger charge is -2.39. The van der Waals surface area contributed by atoms with Crippen molar-refractivity contribution < 1.29 is 14.3 Å². The van der Waals surface area contributed by atoms with Crippen molar-refractivity contribution in [3.8, 4) is 5.75 Å². The molecule has 5 nitrogen and oxygen atoms in total. The predicted octanol–water partition coefficient (Wildman–Crippen LogP) is 5.30. The first-order chi connectivity index (χ1) is 16.4. The molecule has 2 aromatic carbocycles. The zero-order valence-electron chi connectivity index (χ0n) is 21.0. The van der Waals surface area contributed by atoms with Gasteiger partial charge in [0, 0.05) is 26.1 Å². The Labute approximate surface area is 204 Å². The third-order valence-corrected chi connectivity index (χ3v) is 7.50. The van der Waals surface area contributed by atoms with Crippen LogP contribution in [0.25, 0.3) is 0 Å². The van der Waals surface area contributed by atoms with Crippen LogP contribution < -0.4 is 4.74 Å². The van der Waals surface area contributed by atoms with Crippen molar-refractivity contribution in [2.45, 2.75) is 71.4 Å². The largest absolute Gasteiger partial charge is 0.481 e. The van der Waals surface area contributed by atoms with Gasteiger partial charge in [-0.25, -0.2) is 0 Å². The van der Waals surface area contributed by atoms with Gasteiger partial charge in [0.1, 0.15) is 5.75 Å². The number of fused-ring (bicyclic) bond motifs is 1. The van der Waals surface area contributed by atoms with Crippen molar-refractivity contribution in [3.05, 3.63) is 64.7 Å². The maximum absolute atomic E-state index is 13.6. The second kappa shape index (κ2) is 10.6. The molecule has 0 spiro atoms. The molecule has 4 rings (SSSR count). The molecule has 0 aromatic heterocycles. The molecule has 1 aliphatic heterocycles. The van der Waals surface area contributed by atoms with Gasteiger partial charge in [-0.15, -0.1) is 0 Å². The van der Waals surface area contributed by atoms with E-state index >= 15 is 0 Å². The van der Waals surface area contributed by atoms with Gasteiger partial charge in [-0.3, -0.25) is 9.59 Å². The molecule has 2 aromatic rings. The number of hydrogen-bond donors (Lipinski definition) is 0. The number of carbonyl (C=O) groups is 2. The summed E-state index contributed by atoms with van der Waals surface area (Å²) < 4.78 is 6.22. The number of amides is 2. The second-order valence-corrected chi connectivity index (χ2v) is 9.80. The Balaban J connectivity index is 1.69. The lowest BCUT2D eigenvalue weighted by Crippen LogP contribution is -2.43. The third kappa shape index (κ3) is 4.98. The summed E-state index contributed by atoms with van der Waals surface area (Å²) in [5, 5.41) is 0. The predicted molar refractivity (Wildman–Crippen MR) is 135 cm³/mol. The first-order valence-electron chi connectivity index (χ1n) is 12.8. The first-order valence-corrected chi connectivity index (χ1v) is 12.8. The molecule has 2 amide bonds. The highest BCUT2D eigenvalue weighted by molar-refractivity contribution is 5.81. The average molecular weight is 463 g/mol. The molecule has 5 heteroatoms. The molecule has 0 bridgehead atoms. The van der Waals surface area contributed by atoms with E-state index in [0.717, 1.165) is 49.8 Å². The van der Waals surface area contributed by atoms with Crippen molar-refractivity contribution in [2.24, 2.45) is 5.92 Å². The number of likely N-dealkylation sites (N-methyl/N-ethyl adjacent to an activating group) is 1. The number of carbonyl (C=O) groups excluding carboxylic acids is 2. The summed E-state index contributed by atoms with van der Waals surface area (Å²) in [6, 6.07) is 14.6. The summed E-state index contributed by atoms with van der Waals surface area (Å²) in [6.07, 6.45) is 5.22. The zero-order chi connectivity index (χ0) is 24.2. The molecule has 1 aliphatic carbocycles. The fourth-order valence-corrected chi connectivity index (χ4v) is 5.29. The van der Waals surface area contributed by atoms with Crippen LogP contribution in [0.3, 0.4) is 0 Å². The van der Waals surface area contributed by atoms with Crippen molar-refractivity contribution in [1.82, 2.24) is 9.80 Å². The minimum Gasteiger partial charge on any atom is -0.481 e. The minimum atomic E-state index is -0.513. The Hall–Kier alpha value is -2.82. The van der Waals surface area contributed by atoms with Crippen LogP contribution in [0.5, 0.6) is 5.75 Å². The van der Waals surface area contributed by atoms with E-state index in [1.165, 1.54) is 11.1 Å². The van der Waals surface area contributed by atoms with Crippen LogP contribution in [0.4, 0.5) is 0 Å². The van der Waals surface area contributed by atoms with Gasteiger partial charge >= 0.3 is 0 Å². The monoisotopic (exact) mass is 462 g/mol. The van der Waals surface area contributed by atoms with E-state index in [9.17, 15) is 9.59 Å². The molecule has 1 saturated carbocycles. The smallest absolute Gasteiger partial charge is 0.263 e. The number of hydrogen-bond acceptors (Lipinski definition) is 3. The van der Waals surface area contributed by atoms with Crippen LogP contribution in [0.1, 0.15) is 74.2 Å². The van der Waals surface area contributed by atoms with Crippen molar-refractivity contribution >= 4 is 11.8 Å².